The van der Waals surface area contributed by atoms with Crippen molar-refractivity contribution in [3.05, 3.63) is 35.1 Å². The van der Waals surface area contributed by atoms with Crippen LogP contribution in [0.1, 0.15) is 0 Å². The molecule has 0 saturated heterocycles. The molecule has 0 saturated carbocycles. The van der Waals surface area contributed by atoms with Gasteiger partial charge in [-0.05, 0) is 18.5 Å². The Kier molecular flexibility index (Phi) is 3.13. The molecule has 1 heterocycles. The van der Waals surface area contributed by atoms with Gasteiger partial charge in [-0.3, -0.25) is 0 Å². The number of hydrogen-bond donors (Lipinski definition) is 1. The maximum Gasteiger partial charge on any atom is 0.200 e. The Morgan fingerprint density at radius 2 is 1.93 bits per heavy atom. The van der Waals surface area contributed by atoms with Gasteiger partial charge in [-0.1, -0.05) is 42.1 Å². The highest BCUT2D eigenvalue weighted by Gasteiger charge is 2.01. The number of H-pyrrole nitrogens is 1. The van der Waals surface area contributed by atoms with Gasteiger partial charge in [-0.15, -0.1) is 0 Å². The van der Waals surface area contributed by atoms with E-state index < -0.39 is 0 Å². The van der Waals surface area contributed by atoms with Crippen LogP contribution in [0.4, 0.5) is 0 Å². The van der Waals surface area contributed by atoms with Gasteiger partial charge in [0.25, 0.3) is 0 Å². The number of aromatic nitrogens is 3. The average Bonchev–Trinajstić information content (AvgIpc) is 2.29. The molecule has 2 rings (SSSR count). The van der Waals surface area contributed by atoms with E-state index in [4.69, 9.17) is 12.2 Å². The third-order valence-corrected chi connectivity index (χ3v) is 2.60. The third kappa shape index (κ3) is 2.43. The Hall–Kier alpha value is -1.20. The summed E-state index contributed by atoms with van der Waals surface area (Å²) in [7, 11) is 0. The number of hydrogen-bond acceptors (Lipinski definition) is 4. The van der Waals surface area contributed by atoms with Gasteiger partial charge in [0.1, 0.15) is 5.82 Å². The second-order valence-electron chi connectivity index (χ2n) is 2.86. The first-order valence-corrected chi connectivity index (χ1v) is 6.00. The molecular weight excluding hydrogens is 226 g/mol. The van der Waals surface area contributed by atoms with Crippen LogP contribution >= 0.6 is 24.0 Å². The predicted octanol–water partition coefficient (Wildman–Crippen LogP) is 2.92. The summed E-state index contributed by atoms with van der Waals surface area (Å²) >= 11 is 6.52. The topological polar surface area (TPSA) is 41.6 Å². The van der Waals surface area contributed by atoms with Crippen LogP contribution in [-0.2, 0) is 0 Å². The quantitative estimate of drug-likeness (QED) is 0.642. The number of benzene rings is 1. The van der Waals surface area contributed by atoms with Crippen molar-refractivity contribution in [3.63, 3.8) is 0 Å². The zero-order valence-corrected chi connectivity index (χ0v) is 9.73. The lowest BCUT2D eigenvalue weighted by Crippen LogP contribution is -1.94. The molecule has 0 unspecified atom stereocenters. The molecule has 5 heteroatoms. The molecule has 0 radical (unpaired) electrons. The Labute approximate surface area is 97.0 Å². The molecular formula is C10H9N3S2. The minimum atomic E-state index is 0.466. The summed E-state index contributed by atoms with van der Waals surface area (Å²) in [5.74, 6) is 0.764. The molecule has 0 bridgehead atoms. The van der Waals surface area contributed by atoms with E-state index in [0.29, 0.717) is 9.93 Å². The molecule has 0 atom stereocenters. The highest BCUT2D eigenvalue weighted by Crippen LogP contribution is 2.16. The van der Waals surface area contributed by atoms with Crippen molar-refractivity contribution in [2.24, 2.45) is 0 Å². The number of aromatic amines is 1. The fourth-order valence-corrected chi connectivity index (χ4v) is 1.79. The van der Waals surface area contributed by atoms with Crippen LogP contribution in [0.25, 0.3) is 11.4 Å². The zero-order valence-electron chi connectivity index (χ0n) is 8.10. The van der Waals surface area contributed by atoms with Crippen molar-refractivity contribution in [1.82, 2.24) is 15.0 Å². The number of nitrogens with one attached hydrogen (secondary N) is 1. The van der Waals surface area contributed by atoms with Gasteiger partial charge in [0.2, 0.25) is 4.77 Å². The van der Waals surface area contributed by atoms with Gasteiger partial charge < -0.3 is 4.98 Å². The lowest BCUT2D eigenvalue weighted by Gasteiger charge is -2.01. The smallest absolute Gasteiger partial charge is 0.200 e. The van der Waals surface area contributed by atoms with Gasteiger partial charge in [0, 0.05) is 5.56 Å². The molecule has 0 aliphatic heterocycles. The van der Waals surface area contributed by atoms with Crippen LogP contribution < -0.4 is 0 Å². The summed E-state index contributed by atoms with van der Waals surface area (Å²) in [5, 5.41) is 0.692. The minimum absolute atomic E-state index is 0.466. The zero-order chi connectivity index (χ0) is 10.7. The standard InChI is InChI=1S/C10H9N3S2/c1-15-10-12-8(11-9(14)13-10)7-5-3-2-4-6-7/h2-6H,1H3,(H,11,12,13,14). The van der Waals surface area contributed by atoms with E-state index in [0.717, 1.165) is 11.4 Å². The maximum absolute atomic E-state index is 5.03. The summed E-state index contributed by atoms with van der Waals surface area (Å²) in [5.41, 5.74) is 1.02. The Bertz CT molecular complexity index is 508. The van der Waals surface area contributed by atoms with Crippen molar-refractivity contribution in [1.29, 1.82) is 0 Å². The highest BCUT2D eigenvalue weighted by molar-refractivity contribution is 7.98. The van der Waals surface area contributed by atoms with Crippen molar-refractivity contribution in [2.45, 2.75) is 5.16 Å². The number of nitrogens with zero attached hydrogens (tertiary/aromatic N) is 2. The van der Waals surface area contributed by atoms with Crippen molar-refractivity contribution in [3.8, 4) is 11.4 Å². The SMILES string of the molecule is CSc1nc(-c2ccccc2)[nH]c(=S)n1. The monoisotopic (exact) mass is 235 g/mol. The molecule has 0 amide bonds. The Morgan fingerprint density at radius 1 is 1.20 bits per heavy atom. The van der Waals surface area contributed by atoms with E-state index in [-0.39, 0.29) is 0 Å². The molecule has 0 aliphatic rings. The van der Waals surface area contributed by atoms with Gasteiger partial charge in [-0.25, -0.2) is 4.98 Å². The summed E-state index contributed by atoms with van der Waals surface area (Å²) in [4.78, 5) is 11.4. The lowest BCUT2D eigenvalue weighted by atomic mass is 10.2. The van der Waals surface area contributed by atoms with E-state index in [2.05, 4.69) is 15.0 Å². The molecule has 0 aliphatic carbocycles. The second kappa shape index (κ2) is 4.55. The average molecular weight is 235 g/mol. The first-order chi connectivity index (χ1) is 7.29. The molecule has 0 fully saturated rings. The largest absolute Gasteiger partial charge is 0.315 e. The van der Waals surface area contributed by atoms with Crippen molar-refractivity contribution in [2.75, 3.05) is 6.26 Å². The van der Waals surface area contributed by atoms with Gasteiger partial charge in [0.05, 0.1) is 0 Å². The highest BCUT2D eigenvalue weighted by atomic mass is 32.2. The van der Waals surface area contributed by atoms with Crippen molar-refractivity contribution < 1.29 is 0 Å². The first kappa shape index (κ1) is 10.3. The normalized spacial score (nSPS) is 10.2. The summed E-state index contributed by atoms with van der Waals surface area (Å²) in [6.07, 6.45) is 1.93. The van der Waals surface area contributed by atoms with Gasteiger partial charge in [0.15, 0.2) is 5.16 Å². The Morgan fingerprint density at radius 3 is 2.60 bits per heavy atom. The van der Waals surface area contributed by atoms with Crippen LogP contribution in [0.2, 0.25) is 0 Å². The molecule has 2 aromatic rings. The van der Waals surface area contributed by atoms with Gasteiger partial charge in [-0.2, -0.15) is 4.98 Å². The van der Waals surface area contributed by atoms with E-state index in [1.807, 2.05) is 36.6 Å². The second-order valence-corrected chi connectivity index (χ2v) is 4.02. The molecule has 3 nitrogen and oxygen atoms in total. The maximum atomic E-state index is 5.03. The number of thioether (sulfide) groups is 1. The molecule has 15 heavy (non-hydrogen) atoms. The van der Waals surface area contributed by atoms with E-state index >= 15 is 0 Å². The van der Waals surface area contributed by atoms with Gasteiger partial charge >= 0.3 is 0 Å². The first-order valence-electron chi connectivity index (χ1n) is 4.37. The van der Waals surface area contributed by atoms with Crippen LogP contribution in [0.3, 0.4) is 0 Å². The fraction of sp³-hybridized carbons (Fsp3) is 0.100. The molecule has 0 spiro atoms. The fourth-order valence-electron chi connectivity index (χ4n) is 1.19. The molecule has 1 aromatic carbocycles. The van der Waals surface area contributed by atoms with E-state index in [9.17, 15) is 0 Å². The van der Waals surface area contributed by atoms with Crippen LogP contribution in [0.15, 0.2) is 35.5 Å². The summed E-state index contributed by atoms with van der Waals surface area (Å²) < 4.78 is 0.466. The summed E-state index contributed by atoms with van der Waals surface area (Å²) in [6, 6.07) is 9.87. The van der Waals surface area contributed by atoms with Crippen LogP contribution in [-0.4, -0.2) is 21.2 Å². The van der Waals surface area contributed by atoms with E-state index in [1.54, 1.807) is 0 Å². The lowest BCUT2D eigenvalue weighted by molar-refractivity contribution is 0.898. The summed E-state index contributed by atoms with van der Waals surface area (Å²) in [6.45, 7) is 0. The minimum Gasteiger partial charge on any atom is -0.315 e. The van der Waals surface area contributed by atoms with Crippen molar-refractivity contribution >= 4 is 24.0 Å². The predicted molar refractivity (Wildman–Crippen MR) is 64.4 cm³/mol. The number of rotatable bonds is 2. The third-order valence-electron chi connectivity index (χ3n) is 1.86. The molecule has 1 aromatic heterocycles. The molecule has 76 valence electrons. The van der Waals surface area contributed by atoms with Crippen LogP contribution in [0, 0.1) is 4.77 Å². The van der Waals surface area contributed by atoms with Crippen LogP contribution in [0.5, 0.6) is 0 Å². The Balaban J connectivity index is 2.54. The molecule has 1 N–H and O–H groups in total. The van der Waals surface area contributed by atoms with E-state index in [1.165, 1.54) is 11.8 Å².